The molecule has 0 spiro atoms. The van der Waals surface area contributed by atoms with Crippen molar-refractivity contribution < 1.29 is 14.6 Å². The van der Waals surface area contributed by atoms with Crippen molar-refractivity contribution in [2.75, 3.05) is 12.4 Å². The zero-order chi connectivity index (χ0) is 23.0. The molecule has 0 saturated heterocycles. The zero-order valence-electron chi connectivity index (χ0n) is 18.8. The van der Waals surface area contributed by atoms with Crippen molar-refractivity contribution in [3.05, 3.63) is 33.2 Å². The number of hydrogen-bond donors (Lipinski definition) is 4. The number of primary amides is 1. The number of aliphatic hydroxyl groups is 1. The van der Waals surface area contributed by atoms with Crippen molar-refractivity contribution in [2.24, 2.45) is 5.73 Å². The number of fused-ring (bicyclic) bond motifs is 2. The number of hydrogen-bond acceptors (Lipinski definition) is 7. The molecule has 0 fully saturated rings. The maximum Gasteiger partial charge on any atom is 0.316 e. The highest BCUT2D eigenvalue weighted by molar-refractivity contribution is 7.83. The van der Waals surface area contributed by atoms with E-state index < -0.39 is 11.6 Å². The van der Waals surface area contributed by atoms with Crippen LogP contribution in [0.3, 0.4) is 0 Å². The van der Waals surface area contributed by atoms with E-state index in [4.69, 9.17) is 20.6 Å². The molecule has 170 valence electrons. The van der Waals surface area contributed by atoms with Crippen LogP contribution in [0.15, 0.2) is 4.21 Å². The fourth-order valence-corrected chi connectivity index (χ4v) is 5.32. The van der Waals surface area contributed by atoms with E-state index in [0.717, 1.165) is 58.4 Å². The second-order valence-electron chi connectivity index (χ2n) is 9.11. The molecule has 2 aliphatic rings. The molecule has 0 unspecified atom stereocenters. The lowest BCUT2D eigenvalue weighted by Gasteiger charge is -2.20. The lowest BCUT2D eigenvalue weighted by atomic mass is 9.90. The van der Waals surface area contributed by atoms with Gasteiger partial charge in [0.1, 0.15) is 10.6 Å². The molecule has 0 aliphatic heterocycles. The molecule has 31 heavy (non-hydrogen) atoms. The van der Waals surface area contributed by atoms with Crippen LogP contribution in [-0.4, -0.2) is 28.2 Å². The average Bonchev–Trinajstić information content (AvgIpc) is 3.40. The highest BCUT2D eigenvalue weighted by Gasteiger charge is 2.36. The fourth-order valence-electron chi connectivity index (χ4n) is 4.05. The topological polar surface area (TPSA) is 110 Å². The van der Waals surface area contributed by atoms with Crippen molar-refractivity contribution in [3.8, 4) is 0 Å². The Balaban J connectivity index is 0.000000187. The Hall–Kier alpha value is -1.68. The van der Waals surface area contributed by atoms with Gasteiger partial charge in [0.05, 0.1) is 27.9 Å². The summed E-state index contributed by atoms with van der Waals surface area (Å²) in [6.45, 7) is 8.23. The molecule has 4 rings (SSSR count). The highest BCUT2D eigenvalue weighted by atomic mass is 32.2. The molecule has 0 atom stereocenters. The van der Waals surface area contributed by atoms with E-state index in [2.05, 4.69) is 36.8 Å². The molecule has 2 heterocycles. The molecule has 2 aliphatic carbocycles. The minimum atomic E-state index is -0.470. The quantitative estimate of drug-likeness (QED) is 0.510. The summed E-state index contributed by atoms with van der Waals surface area (Å²) in [6, 6.07) is -0.470. The molecule has 4 N–H and O–H groups in total. The molecule has 7 nitrogen and oxygen atoms in total. The Kier molecular flexibility index (Phi) is 7.00. The van der Waals surface area contributed by atoms with E-state index in [9.17, 15) is 4.79 Å². The second kappa shape index (κ2) is 9.05. The van der Waals surface area contributed by atoms with Gasteiger partial charge in [0.25, 0.3) is 0 Å². The number of thiol groups is 1. The largest absolute Gasteiger partial charge is 0.390 e. The summed E-state index contributed by atoms with van der Waals surface area (Å²) in [5, 5.41) is 12.6. The number of methoxy groups -OCH3 is 1. The molecule has 0 saturated carbocycles. The van der Waals surface area contributed by atoms with E-state index >= 15 is 0 Å². The molecule has 0 radical (unpaired) electrons. The molecular weight excluding hydrogens is 432 g/mol. The molecule has 2 amide bonds. The maximum atomic E-state index is 11.2. The first-order chi connectivity index (χ1) is 14.5. The van der Waals surface area contributed by atoms with Crippen LogP contribution in [0.5, 0.6) is 0 Å². The Labute approximate surface area is 193 Å². The SMILES string of the molecule is CC1(C)CCc2c1nc1c(c2NC(N)=O)CCC1.COC(C)(C)c1nc(CO)c(S)s1. The first-order valence-corrected chi connectivity index (χ1v) is 11.7. The number of nitrogens with one attached hydrogen (secondary N) is 1. The predicted molar refractivity (Wildman–Crippen MR) is 126 cm³/mol. The van der Waals surface area contributed by atoms with Crippen molar-refractivity contribution in [1.82, 2.24) is 9.97 Å². The van der Waals surface area contributed by atoms with Gasteiger partial charge >= 0.3 is 6.03 Å². The number of rotatable bonds is 4. The van der Waals surface area contributed by atoms with Crippen LogP contribution < -0.4 is 11.1 Å². The maximum absolute atomic E-state index is 11.2. The van der Waals surface area contributed by atoms with Crippen LogP contribution in [0.25, 0.3) is 0 Å². The average molecular weight is 465 g/mol. The smallest absolute Gasteiger partial charge is 0.316 e. The third kappa shape index (κ3) is 4.89. The van der Waals surface area contributed by atoms with Gasteiger partial charge in [-0.25, -0.2) is 9.78 Å². The summed E-state index contributed by atoms with van der Waals surface area (Å²) in [7, 11) is 1.64. The van der Waals surface area contributed by atoms with Crippen LogP contribution in [0.2, 0.25) is 0 Å². The highest BCUT2D eigenvalue weighted by Crippen LogP contribution is 2.44. The van der Waals surface area contributed by atoms with E-state index in [1.807, 2.05) is 13.8 Å². The number of ether oxygens (including phenoxy) is 1. The van der Waals surface area contributed by atoms with Crippen LogP contribution in [-0.2, 0) is 41.6 Å². The van der Waals surface area contributed by atoms with E-state index in [0.29, 0.717) is 5.69 Å². The van der Waals surface area contributed by atoms with Gasteiger partial charge in [0, 0.05) is 18.2 Å². The molecule has 0 bridgehead atoms. The van der Waals surface area contributed by atoms with Gasteiger partial charge in [-0.05, 0) is 57.1 Å². The van der Waals surface area contributed by atoms with E-state index in [-0.39, 0.29) is 12.0 Å². The summed E-state index contributed by atoms with van der Waals surface area (Å²) in [5.41, 5.74) is 11.3. The van der Waals surface area contributed by atoms with Crippen molar-refractivity contribution in [2.45, 2.75) is 81.6 Å². The number of urea groups is 1. The number of carbonyl (C=O) groups is 1. The summed E-state index contributed by atoms with van der Waals surface area (Å²) in [4.78, 5) is 20.3. The normalized spacial score (nSPS) is 16.4. The number of aliphatic hydroxyl groups excluding tert-OH is 1. The molecule has 2 aromatic heterocycles. The Morgan fingerprint density at radius 1 is 1.29 bits per heavy atom. The van der Waals surface area contributed by atoms with Gasteiger partial charge in [0.15, 0.2) is 0 Å². The number of pyridine rings is 1. The number of carbonyl (C=O) groups excluding carboxylic acids is 1. The summed E-state index contributed by atoms with van der Waals surface area (Å²) < 4.78 is 6.02. The third-order valence-electron chi connectivity index (χ3n) is 6.07. The van der Waals surface area contributed by atoms with Gasteiger partial charge in [-0.2, -0.15) is 0 Å². The van der Waals surface area contributed by atoms with E-state index in [1.165, 1.54) is 22.5 Å². The van der Waals surface area contributed by atoms with Crippen LogP contribution in [0.1, 0.15) is 73.8 Å². The molecular formula is C22H32N4O3S2. The van der Waals surface area contributed by atoms with Crippen LogP contribution in [0.4, 0.5) is 10.5 Å². The van der Waals surface area contributed by atoms with Crippen LogP contribution >= 0.6 is 24.0 Å². The number of aromatic nitrogens is 2. The van der Waals surface area contributed by atoms with Gasteiger partial charge in [-0.15, -0.1) is 24.0 Å². The van der Waals surface area contributed by atoms with Crippen molar-refractivity contribution in [3.63, 3.8) is 0 Å². The first kappa shape index (κ1) is 24.0. The second-order valence-corrected chi connectivity index (χ2v) is 10.9. The van der Waals surface area contributed by atoms with Gasteiger partial charge in [0.2, 0.25) is 0 Å². The third-order valence-corrected chi connectivity index (χ3v) is 7.80. The number of nitrogens with two attached hydrogens (primary N) is 1. The fraction of sp³-hybridized carbons (Fsp3) is 0.591. The molecule has 2 aromatic rings. The van der Waals surface area contributed by atoms with E-state index in [1.54, 1.807) is 7.11 Å². The van der Waals surface area contributed by atoms with Gasteiger partial charge < -0.3 is 20.9 Å². The number of amides is 2. The van der Waals surface area contributed by atoms with Gasteiger partial charge in [-0.1, -0.05) is 13.8 Å². The first-order valence-electron chi connectivity index (χ1n) is 10.5. The van der Waals surface area contributed by atoms with Crippen molar-refractivity contribution in [1.29, 1.82) is 0 Å². The number of aryl methyl sites for hydroxylation is 1. The Morgan fingerprint density at radius 3 is 2.58 bits per heavy atom. The zero-order valence-corrected chi connectivity index (χ0v) is 20.5. The lowest BCUT2D eigenvalue weighted by molar-refractivity contribution is 0.0188. The molecule has 9 heteroatoms. The van der Waals surface area contributed by atoms with Crippen LogP contribution in [0, 0.1) is 0 Å². The summed E-state index contributed by atoms with van der Waals surface area (Å²) in [6.07, 6.45) is 5.22. The number of anilines is 1. The minimum absolute atomic E-state index is 0.0743. The lowest BCUT2D eigenvalue weighted by Crippen LogP contribution is -2.22. The summed E-state index contributed by atoms with van der Waals surface area (Å²) >= 11 is 5.65. The monoisotopic (exact) mass is 464 g/mol. The van der Waals surface area contributed by atoms with Gasteiger partial charge in [-0.3, -0.25) is 4.98 Å². The molecule has 0 aromatic carbocycles. The standard InChI is InChI=1S/C14H19N3O.C8H13NO2S2/c1-14(2)7-6-9-11(17-13(15)18)8-4-3-5-10(8)16-12(9)14;1-8(2,11-3)7-9-5(4-10)6(12)13-7/h3-7H2,1-2H3,(H3,15,16,17,18);10,12H,4H2,1-3H3. The van der Waals surface area contributed by atoms with Crippen molar-refractivity contribution >= 4 is 35.7 Å². The predicted octanol–water partition coefficient (Wildman–Crippen LogP) is 4.09. The number of nitrogens with zero attached hydrogens (tertiary/aromatic N) is 2. The summed E-state index contributed by atoms with van der Waals surface area (Å²) in [5.74, 6) is 0. The number of thiazole rings is 1. The Morgan fingerprint density at radius 2 is 2.00 bits per heavy atom. The minimum Gasteiger partial charge on any atom is -0.390 e. The Bertz CT molecular complexity index is 986.